The van der Waals surface area contributed by atoms with Gasteiger partial charge in [0.2, 0.25) is 0 Å². The van der Waals surface area contributed by atoms with Crippen molar-refractivity contribution < 1.29 is 4.74 Å². The van der Waals surface area contributed by atoms with E-state index in [2.05, 4.69) is 10.0 Å². The maximum atomic E-state index is 8.46. The van der Waals surface area contributed by atoms with Crippen molar-refractivity contribution in [2.45, 2.75) is 25.2 Å². The molecule has 4 heteroatoms. The van der Waals surface area contributed by atoms with Crippen molar-refractivity contribution in [3.05, 3.63) is 46.3 Å². The summed E-state index contributed by atoms with van der Waals surface area (Å²) >= 11 is 0. The molecule has 72 valence electrons. The van der Waals surface area contributed by atoms with E-state index in [0.717, 1.165) is 5.56 Å². The van der Waals surface area contributed by atoms with Crippen LogP contribution in [0.1, 0.15) is 18.5 Å². The Morgan fingerprint density at radius 1 is 1.43 bits per heavy atom. The second-order valence-corrected chi connectivity index (χ2v) is 3.37. The molecule has 4 nitrogen and oxygen atoms in total. The van der Waals surface area contributed by atoms with Gasteiger partial charge in [-0.05, 0) is 18.0 Å². The summed E-state index contributed by atoms with van der Waals surface area (Å²) in [6.07, 6.45) is 0.249. The molecule has 0 spiro atoms. The maximum absolute atomic E-state index is 8.46. The van der Waals surface area contributed by atoms with Gasteiger partial charge in [-0.2, -0.15) is 0 Å². The lowest BCUT2D eigenvalue weighted by molar-refractivity contribution is 0.355. The SMILES string of the molecule is CC1OC1C(N=[N+]=[N-])c1ccccc1. The molecule has 1 aromatic carbocycles. The minimum atomic E-state index is -0.184. The third-order valence-electron chi connectivity index (χ3n) is 2.39. The van der Waals surface area contributed by atoms with Crippen LogP contribution in [-0.4, -0.2) is 12.2 Å². The fourth-order valence-corrected chi connectivity index (χ4v) is 1.56. The van der Waals surface area contributed by atoms with Gasteiger partial charge >= 0.3 is 0 Å². The lowest BCUT2D eigenvalue weighted by atomic mass is 10.0. The smallest absolute Gasteiger partial charge is 0.0964 e. The van der Waals surface area contributed by atoms with E-state index >= 15 is 0 Å². The van der Waals surface area contributed by atoms with Gasteiger partial charge in [-0.15, -0.1) is 0 Å². The van der Waals surface area contributed by atoms with Gasteiger partial charge in [-0.3, -0.25) is 0 Å². The summed E-state index contributed by atoms with van der Waals surface area (Å²) in [6, 6.07) is 9.52. The zero-order valence-electron chi connectivity index (χ0n) is 7.87. The molecule has 3 atom stereocenters. The number of hydrogen-bond acceptors (Lipinski definition) is 2. The van der Waals surface area contributed by atoms with E-state index in [9.17, 15) is 0 Å². The summed E-state index contributed by atoms with van der Waals surface area (Å²) in [5, 5.41) is 3.76. The van der Waals surface area contributed by atoms with Crippen molar-refractivity contribution >= 4 is 0 Å². The van der Waals surface area contributed by atoms with Gasteiger partial charge in [0.1, 0.15) is 0 Å². The summed E-state index contributed by atoms with van der Waals surface area (Å²) in [7, 11) is 0. The molecule has 1 fully saturated rings. The van der Waals surface area contributed by atoms with Crippen molar-refractivity contribution in [3.63, 3.8) is 0 Å². The molecule has 0 N–H and O–H groups in total. The van der Waals surface area contributed by atoms with Gasteiger partial charge < -0.3 is 4.74 Å². The Bertz CT molecular complexity index is 359. The van der Waals surface area contributed by atoms with Crippen LogP contribution in [-0.2, 0) is 4.74 Å². The third-order valence-corrected chi connectivity index (χ3v) is 2.39. The lowest BCUT2D eigenvalue weighted by Crippen LogP contribution is -2.04. The molecule has 0 aromatic heterocycles. The largest absolute Gasteiger partial charge is 0.369 e. The van der Waals surface area contributed by atoms with Gasteiger partial charge in [0.15, 0.2) is 0 Å². The number of epoxide rings is 1. The molecule has 1 aliphatic heterocycles. The highest BCUT2D eigenvalue weighted by molar-refractivity contribution is 5.22. The first-order valence-corrected chi connectivity index (χ1v) is 4.57. The normalized spacial score (nSPS) is 26.4. The van der Waals surface area contributed by atoms with Crippen molar-refractivity contribution in [2.75, 3.05) is 0 Å². The van der Waals surface area contributed by atoms with Gasteiger partial charge in [-0.25, -0.2) is 0 Å². The topological polar surface area (TPSA) is 61.3 Å². The Labute approximate surface area is 82.1 Å². The number of ether oxygens (including phenoxy) is 1. The monoisotopic (exact) mass is 189 g/mol. The Hall–Kier alpha value is -1.51. The van der Waals surface area contributed by atoms with Crippen molar-refractivity contribution in [1.29, 1.82) is 0 Å². The Morgan fingerprint density at radius 2 is 2.07 bits per heavy atom. The molecule has 2 rings (SSSR count). The minimum Gasteiger partial charge on any atom is -0.369 e. The quantitative estimate of drug-likeness (QED) is 0.312. The summed E-state index contributed by atoms with van der Waals surface area (Å²) in [4.78, 5) is 2.85. The van der Waals surface area contributed by atoms with Gasteiger partial charge in [0, 0.05) is 4.91 Å². The molecule has 0 aliphatic carbocycles. The molecule has 1 aliphatic rings. The summed E-state index contributed by atoms with van der Waals surface area (Å²) in [5.41, 5.74) is 9.48. The van der Waals surface area contributed by atoms with Crippen LogP contribution in [0.3, 0.4) is 0 Å². The first-order valence-electron chi connectivity index (χ1n) is 4.57. The standard InChI is InChI=1S/C10H11N3O/c1-7-10(14-7)9(12-13-11)8-5-3-2-4-6-8/h2-7,9-10H,1H3. The van der Waals surface area contributed by atoms with Crippen molar-refractivity contribution in [2.24, 2.45) is 5.11 Å². The zero-order valence-corrected chi connectivity index (χ0v) is 7.87. The fraction of sp³-hybridized carbons (Fsp3) is 0.400. The van der Waals surface area contributed by atoms with Gasteiger partial charge in [0.05, 0.1) is 18.2 Å². The highest BCUT2D eigenvalue weighted by atomic mass is 16.6. The van der Waals surface area contributed by atoms with Crippen molar-refractivity contribution in [1.82, 2.24) is 0 Å². The van der Waals surface area contributed by atoms with Crippen LogP contribution in [0.5, 0.6) is 0 Å². The molecule has 14 heavy (non-hydrogen) atoms. The van der Waals surface area contributed by atoms with E-state index < -0.39 is 0 Å². The van der Waals surface area contributed by atoms with E-state index in [1.807, 2.05) is 37.3 Å². The average Bonchev–Trinajstić information content (AvgIpc) is 2.93. The molecule has 1 aromatic rings. The second-order valence-electron chi connectivity index (χ2n) is 3.37. The lowest BCUT2D eigenvalue weighted by Gasteiger charge is -2.07. The van der Waals surface area contributed by atoms with E-state index in [4.69, 9.17) is 10.3 Å². The van der Waals surface area contributed by atoms with Crippen LogP contribution in [0.2, 0.25) is 0 Å². The maximum Gasteiger partial charge on any atom is 0.0964 e. The highest BCUT2D eigenvalue weighted by Gasteiger charge is 2.41. The molecule has 3 unspecified atom stereocenters. The van der Waals surface area contributed by atoms with E-state index in [0.29, 0.717) is 0 Å². The number of nitrogens with zero attached hydrogens (tertiary/aromatic N) is 3. The first kappa shape index (κ1) is 9.06. The first-order chi connectivity index (χ1) is 6.83. The minimum absolute atomic E-state index is 0.0494. The molecular weight excluding hydrogens is 178 g/mol. The molecular formula is C10H11N3O. The van der Waals surface area contributed by atoms with Crippen LogP contribution in [0.25, 0.3) is 10.4 Å². The number of hydrogen-bond donors (Lipinski definition) is 0. The molecule has 0 radical (unpaired) electrons. The number of benzene rings is 1. The highest BCUT2D eigenvalue weighted by Crippen LogP contribution is 2.36. The number of azide groups is 1. The second kappa shape index (κ2) is 3.70. The Kier molecular flexibility index (Phi) is 2.39. The van der Waals surface area contributed by atoms with Crippen molar-refractivity contribution in [3.8, 4) is 0 Å². The molecule has 0 bridgehead atoms. The van der Waals surface area contributed by atoms with Crippen LogP contribution >= 0.6 is 0 Å². The van der Waals surface area contributed by atoms with Gasteiger partial charge in [0.25, 0.3) is 0 Å². The van der Waals surface area contributed by atoms with Crippen LogP contribution in [0.4, 0.5) is 0 Å². The molecule has 0 saturated carbocycles. The van der Waals surface area contributed by atoms with Gasteiger partial charge in [-0.1, -0.05) is 35.4 Å². The predicted octanol–water partition coefficient (Wildman–Crippen LogP) is 2.83. The van der Waals surface area contributed by atoms with E-state index in [1.54, 1.807) is 0 Å². The fourth-order valence-electron chi connectivity index (χ4n) is 1.56. The van der Waals surface area contributed by atoms with Crippen LogP contribution in [0, 0.1) is 0 Å². The summed E-state index contributed by atoms with van der Waals surface area (Å²) < 4.78 is 5.32. The Morgan fingerprint density at radius 3 is 2.57 bits per heavy atom. The molecule has 0 amide bonds. The van der Waals surface area contributed by atoms with E-state index in [1.165, 1.54) is 0 Å². The molecule has 1 saturated heterocycles. The zero-order chi connectivity index (χ0) is 9.97. The Balaban J connectivity index is 2.23. The average molecular weight is 189 g/mol. The number of rotatable bonds is 3. The predicted molar refractivity (Wildman–Crippen MR) is 52.7 cm³/mol. The third kappa shape index (κ3) is 1.71. The molecule has 1 heterocycles. The van der Waals surface area contributed by atoms with Crippen LogP contribution < -0.4 is 0 Å². The summed E-state index contributed by atoms with van der Waals surface area (Å²) in [5.74, 6) is 0. The van der Waals surface area contributed by atoms with E-state index in [-0.39, 0.29) is 18.2 Å². The van der Waals surface area contributed by atoms with Crippen LogP contribution in [0.15, 0.2) is 35.4 Å². The summed E-state index contributed by atoms with van der Waals surface area (Å²) in [6.45, 7) is 1.98.